The highest BCUT2D eigenvalue weighted by Gasteiger charge is 2.36. The highest BCUT2D eigenvalue weighted by atomic mass is 35.5. The molecule has 6 amide bonds. The van der Waals surface area contributed by atoms with Crippen LogP contribution in [0.15, 0.2) is 79.4 Å². The Kier molecular flexibility index (Phi) is 20.8. The van der Waals surface area contributed by atoms with Gasteiger partial charge in [0.15, 0.2) is 0 Å². The number of fused-ring (bicyclic) bond motifs is 3. The van der Waals surface area contributed by atoms with Crippen LogP contribution in [0.5, 0.6) is 11.5 Å². The molecule has 76 heavy (non-hydrogen) atoms. The molecule has 18 nitrogen and oxygen atoms in total. The van der Waals surface area contributed by atoms with Crippen molar-refractivity contribution in [2.24, 2.45) is 0 Å². The first-order valence-corrected chi connectivity index (χ1v) is 27.0. The standard InChI is InChI=1S/C57H72ClN7O11/c1-5-7-9-18-46(60-55(70)74-29-6-2)53(68)59-41-22-20-39(21-23-41)37-75-56(71)61-47-32-49(38(3)31-45(47)54(69)64-24-14-15-42(64)36-66)73-30-13-8-10-19-51(67)65-35-40(34-58)52-44-17-12-11-16-43(44)50(33-48(52)65)76-57(72)63-27-25-62(4)26-28-63/h6,11-12,16-17,20-23,31-33,40,42,46,66H,2,5,7-10,13-15,18-19,24-30,34-37H2,1,3-4H3,(H,59,68)(H,60,70)(H,61,71)/t40-,42+,46+/m1/s1. The van der Waals surface area contributed by atoms with Crippen LogP contribution in [0.25, 0.3) is 10.8 Å². The van der Waals surface area contributed by atoms with E-state index in [0.717, 1.165) is 55.1 Å². The number of aryl methyl sites for hydroxylation is 1. The van der Waals surface area contributed by atoms with Crippen molar-refractivity contribution in [3.05, 3.63) is 102 Å². The third kappa shape index (κ3) is 14.7. The van der Waals surface area contributed by atoms with Crippen LogP contribution in [0.4, 0.5) is 31.4 Å². The lowest BCUT2D eigenvalue weighted by Crippen LogP contribution is -2.48. The molecule has 4 aromatic rings. The fourth-order valence-electron chi connectivity index (χ4n) is 9.85. The number of halogens is 1. The van der Waals surface area contributed by atoms with Gasteiger partial charge in [0.05, 0.1) is 36.2 Å². The van der Waals surface area contributed by atoms with Crippen molar-refractivity contribution < 1.29 is 52.8 Å². The highest BCUT2D eigenvalue weighted by molar-refractivity contribution is 6.19. The number of rotatable bonds is 23. The summed E-state index contributed by atoms with van der Waals surface area (Å²) in [6.45, 7) is 11.0. The number of alkyl carbamates (subject to hydrolysis) is 1. The van der Waals surface area contributed by atoms with Crippen LogP contribution in [0, 0.1) is 6.92 Å². The maximum Gasteiger partial charge on any atom is 0.415 e. The molecule has 0 bridgehead atoms. The van der Waals surface area contributed by atoms with Crippen LogP contribution in [-0.2, 0) is 25.7 Å². The number of alkyl halides is 1. The fraction of sp³-hybridized carbons (Fsp3) is 0.474. The third-order valence-electron chi connectivity index (χ3n) is 14.1. The summed E-state index contributed by atoms with van der Waals surface area (Å²) >= 11 is 6.53. The predicted molar refractivity (Wildman–Crippen MR) is 293 cm³/mol. The van der Waals surface area contributed by atoms with Gasteiger partial charge in [-0.25, -0.2) is 14.4 Å². The smallest absolute Gasteiger partial charge is 0.415 e. The van der Waals surface area contributed by atoms with E-state index in [-0.39, 0.29) is 61.3 Å². The van der Waals surface area contributed by atoms with Crippen LogP contribution >= 0.6 is 11.6 Å². The molecule has 7 rings (SSSR count). The van der Waals surface area contributed by atoms with E-state index in [4.69, 9.17) is 30.5 Å². The second-order valence-electron chi connectivity index (χ2n) is 19.6. The molecular formula is C57H72ClN7O11. The van der Waals surface area contributed by atoms with Crippen LogP contribution in [-0.4, -0.2) is 140 Å². The number of carbonyl (C=O) groups excluding carboxylic acids is 6. The molecule has 3 aliphatic heterocycles. The number of carbonyl (C=O) groups is 6. The summed E-state index contributed by atoms with van der Waals surface area (Å²) < 4.78 is 22.9. The fourth-order valence-corrected chi connectivity index (χ4v) is 10.1. The van der Waals surface area contributed by atoms with Crippen LogP contribution in [0.3, 0.4) is 0 Å². The minimum Gasteiger partial charge on any atom is -0.493 e. The Morgan fingerprint density at radius 2 is 1.63 bits per heavy atom. The van der Waals surface area contributed by atoms with E-state index in [1.807, 2.05) is 51.2 Å². The molecule has 2 fully saturated rings. The number of likely N-dealkylation sites (tertiary alicyclic amines) is 1. The second-order valence-corrected chi connectivity index (χ2v) is 19.9. The van der Waals surface area contributed by atoms with Gasteiger partial charge in [0.1, 0.15) is 30.8 Å². The normalized spacial score (nSPS) is 16.7. The summed E-state index contributed by atoms with van der Waals surface area (Å²) in [4.78, 5) is 87.4. The van der Waals surface area contributed by atoms with E-state index in [9.17, 15) is 33.9 Å². The van der Waals surface area contributed by atoms with Gasteiger partial charge in [-0.1, -0.05) is 75.2 Å². The predicted octanol–water partition coefficient (Wildman–Crippen LogP) is 9.35. The highest BCUT2D eigenvalue weighted by Crippen LogP contribution is 2.46. The van der Waals surface area contributed by atoms with Crippen LogP contribution < -0.4 is 30.3 Å². The Labute approximate surface area is 450 Å². The van der Waals surface area contributed by atoms with Crippen molar-refractivity contribution in [2.75, 3.05) is 87.6 Å². The van der Waals surface area contributed by atoms with Crippen molar-refractivity contribution in [1.29, 1.82) is 0 Å². The number of aliphatic hydroxyl groups is 1. The van der Waals surface area contributed by atoms with Crippen molar-refractivity contribution in [3.63, 3.8) is 0 Å². The number of aliphatic hydroxyl groups excluding tert-OH is 1. The Morgan fingerprint density at radius 3 is 2.36 bits per heavy atom. The molecule has 0 unspecified atom stereocenters. The SMILES string of the molecule is C=CCOC(=O)N[C@@H](CCCCC)C(=O)Nc1ccc(COC(=O)Nc2cc(OCCCCCC(=O)N3C[C@@H](CCl)c4c3cc(OC(=O)N3CCN(C)CC3)c3ccccc43)c(C)cc2C(=O)N2CCC[C@H]2CO)cc1. The monoisotopic (exact) mass is 1070 g/mol. The topological polar surface area (TPSA) is 209 Å². The molecule has 4 N–H and O–H groups in total. The van der Waals surface area contributed by atoms with Crippen molar-refractivity contribution in [1.82, 2.24) is 20.0 Å². The van der Waals surface area contributed by atoms with Crippen molar-refractivity contribution in [2.45, 2.75) is 103 Å². The van der Waals surface area contributed by atoms with E-state index in [2.05, 4.69) is 27.4 Å². The maximum absolute atomic E-state index is 14.0. The van der Waals surface area contributed by atoms with Crippen molar-refractivity contribution in [3.8, 4) is 11.5 Å². The van der Waals surface area contributed by atoms with Gasteiger partial charge in [-0.05, 0) is 92.8 Å². The van der Waals surface area contributed by atoms with Gasteiger partial charge in [0, 0.05) is 80.7 Å². The zero-order chi connectivity index (χ0) is 54.1. The summed E-state index contributed by atoms with van der Waals surface area (Å²) in [7, 11) is 2.02. The molecule has 3 aliphatic rings. The molecule has 408 valence electrons. The number of anilines is 3. The molecular weight excluding hydrogens is 994 g/mol. The average Bonchev–Trinajstić information content (AvgIpc) is 4.08. The number of benzene rings is 4. The lowest BCUT2D eigenvalue weighted by Gasteiger charge is -2.31. The molecule has 0 radical (unpaired) electrons. The van der Waals surface area contributed by atoms with Gasteiger partial charge < -0.3 is 54.3 Å². The largest absolute Gasteiger partial charge is 0.493 e. The zero-order valence-corrected chi connectivity index (χ0v) is 44.7. The summed E-state index contributed by atoms with van der Waals surface area (Å²) in [5.74, 6) is 0.307. The Balaban J connectivity index is 0.947. The van der Waals surface area contributed by atoms with E-state index < -0.39 is 30.2 Å². The third-order valence-corrected chi connectivity index (χ3v) is 14.5. The summed E-state index contributed by atoms with van der Waals surface area (Å²) in [6.07, 6.45) is 6.09. The molecule has 19 heteroatoms. The number of hydrogen-bond acceptors (Lipinski definition) is 12. The quantitative estimate of drug-likeness (QED) is 0.0311. The number of unbranched alkanes of at least 4 members (excludes halogenated alkanes) is 4. The van der Waals surface area contributed by atoms with E-state index >= 15 is 0 Å². The number of hydrogen-bond donors (Lipinski definition) is 4. The zero-order valence-electron chi connectivity index (χ0n) is 43.9. The Hall–Kier alpha value is -6.89. The van der Waals surface area contributed by atoms with Gasteiger partial charge in [-0.2, -0.15) is 0 Å². The number of likely N-dealkylation sites (N-methyl/N-ethyl adjacent to an activating group) is 1. The molecule has 2 saturated heterocycles. The van der Waals surface area contributed by atoms with E-state index in [1.165, 1.54) is 6.08 Å². The van der Waals surface area contributed by atoms with Gasteiger partial charge in [-0.15, -0.1) is 11.6 Å². The molecule has 0 spiro atoms. The maximum atomic E-state index is 14.0. The van der Waals surface area contributed by atoms with E-state index in [1.54, 1.807) is 51.1 Å². The Morgan fingerprint density at radius 1 is 0.868 bits per heavy atom. The number of ether oxygens (including phenoxy) is 4. The minimum absolute atomic E-state index is 0.0171. The van der Waals surface area contributed by atoms with Gasteiger partial charge in [0.2, 0.25) is 11.8 Å². The van der Waals surface area contributed by atoms with Crippen molar-refractivity contribution >= 4 is 75.4 Å². The number of piperazine rings is 1. The Bertz CT molecular complexity index is 2700. The lowest BCUT2D eigenvalue weighted by molar-refractivity contribution is -0.119. The number of amides is 6. The minimum atomic E-state index is -0.815. The van der Waals surface area contributed by atoms with Gasteiger partial charge >= 0.3 is 18.3 Å². The summed E-state index contributed by atoms with van der Waals surface area (Å²) in [5.41, 5.74) is 3.87. The summed E-state index contributed by atoms with van der Waals surface area (Å²) in [6, 6.07) is 18.4. The van der Waals surface area contributed by atoms with Crippen LogP contribution in [0.1, 0.15) is 104 Å². The molecule has 4 aromatic carbocycles. The first kappa shape index (κ1) is 56.8. The first-order chi connectivity index (χ1) is 36.8. The van der Waals surface area contributed by atoms with Crippen LogP contribution in [0.2, 0.25) is 0 Å². The lowest BCUT2D eigenvalue weighted by atomic mass is 9.95. The molecule has 0 aliphatic carbocycles. The molecule has 3 heterocycles. The van der Waals surface area contributed by atoms with Gasteiger partial charge in [0.25, 0.3) is 5.91 Å². The average molecular weight is 1070 g/mol. The molecule has 0 aromatic heterocycles. The van der Waals surface area contributed by atoms with Gasteiger partial charge in [-0.3, -0.25) is 19.7 Å². The number of nitrogens with one attached hydrogen (secondary N) is 3. The second kappa shape index (κ2) is 27.8. The number of nitrogens with zero attached hydrogens (tertiary/aromatic N) is 4. The molecule has 3 atom stereocenters. The van der Waals surface area contributed by atoms with E-state index in [0.29, 0.717) is 105 Å². The molecule has 0 saturated carbocycles. The summed E-state index contributed by atoms with van der Waals surface area (Å²) in [5, 5.41) is 19.9. The first-order valence-electron chi connectivity index (χ1n) is 26.5.